The van der Waals surface area contributed by atoms with Crippen LogP contribution >= 0.6 is 0 Å². The number of sulfone groups is 3. The summed E-state index contributed by atoms with van der Waals surface area (Å²) in [4.78, 5) is 84.1. The van der Waals surface area contributed by atoms with E-state index in [4.69, 9.17) is 88.6 Å². The summed E-state index contributed by atoms with van der Waals surface area (Å²) in [5.41, 5.74) is 11.9. The fourth-order valence-electron chi connectivity index (χ4n) is 16.2. The number of nitrogens with zero attached hydrogens (tertiary/aromatic N) is 16. The first kappa shape index (κ1) is 97.7. The van der Waals surface area contributed by atoms with Gasteiger partial charge in [-0.3, -0.25) is 0 Å². The molecular formula is C105H106CoN16O8S3Si2Zn. The number of rotatable bonds is 15. The predicted molar refractivity (Wildman–Crippen MR) is 538 cm³/mol. The topological polar surface area (TPSA) is 332 Å². The largest absolute Gasteiger partial charge is 2.00 e. The maximum Gasteiger partial charge on any atom is 2.00 e. The normalized spacial score (nSPS) is 13.3. The van der Waals surface area contributed by atoms with Crippen LogP contribution in [0.3, 0.4) is 0 Å². The van der Waals surface area contributed by atoms with Crippen molar-refractivity contribution >= 4 is 134 Å². The summed E-state index contributed by atoms with van der Waals surface area (Å²) < 4.78 is 98.3. The molecule has 0 amide bonds. The van der Waals surface area contributed by atoms with E-state index in [1.165, 1.54) is 30.3 Å². The molecule has 4 aliphatic heterocycles. The molecule has 18 rings (SSSR count). The van der Waals surface area contributed by atoms with Gasteiger partial charge in [-0.25, -0.2) is 45.2 Å². The van der Waals surface area contributed by atoms with Crippen molar-refractivity contribution in [2.24, 2.45) is 0 Å². The van der Waals surface area contributed by atoms with Crippen LogP contribution in [0.25, 0.3) is 179 Å². The van der Waals surface area contributed by atoms with Crippen LogP contribution in [0.15, 0.2) is 171 Å². The Bertz CT molecular complexity index is 8300. The van der Waals surface area contributed by atoms with Crippen molar-refractivity contribution in [1.82, 2.24) is 79.7 Å². The molecule has 0 fully saturated rings. The van der Waals surface area contributed by atoms with E-state index in [1.54, 1.807) is 45.0 Å². The van der Waals surface area contributed by atoms with Gasteiger partial charge in [-0.2, -0.15) is 0 Å². The van der Waals surface area contributed by atoms with Gasteiger partial charge in [0.2, 0.25) is 0 Å². The molecule has 691 valence electrons. The van der Waals surface area contributed by atoms with Crippen LogP contribution < -0.4 is 19.9 Å². The number of fused-ring (bicyclic) bond motifs is 40. The van der Waals surface area contributed by atoms with Gasteiger partial charge in [0.1, 0.15) is 0 Å². The molecule has 6 aromatic heterocycles. The van der Waals surface area contributed by atoms with E-state index in [9.17, 15) is 25.3 Å². The van der Waals surface area contributed by atoms with E-state index >= 15 is 0 Å². The van der Waals surface area contributed by atoms with E-state index in [0.29, 0.717) is 142 Å². The maximum absolute atomic E-state index is 14.1. The monoisotopic (exact) mass is 1990 g/mol. The van der Waals surface area contributed by atoms with E-state index in [0.717, 1.165) is 49.4 Å². The molecule has 0 spiro atoms. The summed E-state index contributed by atoms with van der Waals surface area (Å²) in [6.07, 6.45) is 1.09. The summed E-state index contributed by atoms with van der Waals surface area (Å²) in [6.45, 7) is 47.3. The van der Waals surface area contributed by atoms with E-state index in [-0.39, 0.29) is 154 Å². The fourth-order valence-corrected chi connectivity index (χ4v) is 22.1. The standard InChI is InChI=1S/C105H106N16O8S3Si2.Co.Zn/c1-23-46-130(122,123)66-35-43-74-82(54-66)98-115-91(74)109-92-76-45-37-68(132(126,127)48-25-3)56-84(76)100(117-92)121-99-83-55-67(131(124,125)47-24-2)36-44-75(83)90(116-99)107-86-70-39-29-60(50-78(70)94(111-86)119-98)27-31-62(58-129-134(21,22)105(16,17)18)61(57-128-133(19,20)104(13,14)15)30-26-59-28-38-69-77(49-59)93-110-85(69)106-87-72-41-33-64(102(7,8)9)52-80(72)96(113-87)120-97-81-53-65(103(10,11)12)34-42-73(81)89(114-97)108-88-71-40-32-63(101(4,5)6)51-79(71)95(112-88)118-93;;/h28-29,32-45,49-56H,23-25,46-48,57-58H2,1-22H3;;/q-4;2*+2/b62-61+;;. The molecule has 0 saturated heterocycles. The van der Waals surface area contributed by atoms with Crippen molar-refractivity contribution in [3.8, 4) is 115 Å². The number of hydrogen-bond acceptors (Lipinski definition) is 20. The maximum atomic E-state index is 14.1. The summed E-state index contributed by atoms with van der Waals surface area (Å²) in [5.74, 6) is 16.2. The summed E-state index contributed by atoms with van der Waals surface area (Å²) >= 11 is 0. The van der Waals surface area contributed by atoms with Gasteiger partial charge in [0.15, 0.2) is 46.1 Å². The zero-order chi connectivity index (χ0) is 95.4. The Morgan fingerprint density at radius 3 is 0.853 bits per heavy atom. The first-order valence-corrected chi connectivity index (χ1v) is 56.1. The number of hydrogen-bond donors (Lipinski definition) is 0. The zero-order valence-corrected chi connectivity index (χ0v) is 89.2. The van der Waals surface area contributed by atoms with Gasteiger partial charge < -0.3 is 68.7 Å². The van der Waals surface area contributed by atoms with Gasteiger partial charge >= 0.3 is 36.3 Å². The molecule has 0 saturated carbocycles. The Hall–Kier alpha value is -11.3. The van der Waals surface area contributed by atoms with Gasteiger partial charge in [0, 0.05) is 112 Å². The van der Waals surface area contributed by atoms with Crippen LogP contribution in [-0.2, 0) is 90.9 Å². The second-order valence-corrected chi connectivity index (χ2v) is 57.1. The van der Waals surface area contributed by atoms with Gasteiger partial charge in [0.05, 0.1) is 91.8 Å². The van der Waals surface area contributed by atoms with Crippen LogP contribution in [-0.4, -0.2) is 132 Å². The van der Waals surface area contributed by atoms with Crippen molar-refractivity contribution in [2.45, 2.75) is 211 Å². The molecule has 4 aliphatic rings. The van der Waals surface area contributed by atoms with Crippen LogP contribution in [0.2, 0.25) is 36.3 Å². The molecule has 16 bridgehead atoms. The Balaban J connectivity index is 0.00000671. The van der Waals surface area contributed by atoms with E-state index in [2.05, 4.69) is 208 Å². The predicted octanol–water partition coefficient (Wildman–Crippen LogP) is 21.8. The van der Waals surface area contributed by atoms with Crippen molar-refractivity contribution in [3.63, 3.8) is 0 Å². The molecule has 1 radical (unpaired) electrons. The molecule has 0 unspecified atom stereocenters. The first-order chi connectivity index (χ1) is 63.0. The van der Waals surface area contributed by atoms with Gasteiger partial charge in [-0.05, 0) is 210 Å². The Labute approximate surface area is 818 Å². The molecule has 8 aromatic carbocycles. The number of benzene rings is 8. The van der Waals surface area contributed by atoms with E-state index < -0.39 is 46.1 Å². The second-order valence-electron chi connectivity index (χ2n) is 41.2. The molecular weight excluding hydrogens is 1890 g/mol. The average molecular weight is 2000 g/mol. The molecule has 0 N–H and O–H groups in total. The van der Waals surface area contributed by atoms with Gasteiger partial charge in [-0.15, -0.1) is 0 Å². The third-order valence-electron chi connectivity index (χ3n) is 26.3. The quantitative estimate of drug-likeness (QED) is 0.0679. The Morgan fingerprint density at radius 2 is 0.544 bits per heavy atom. The fraction of sp³-hybridized carbons (Fsp3) is 0.333. The average Bonchev–Trinajstić information content (AvgIpc) is 1.59. The molecule has 0 aliphatic carbocycles. The Kier molecular flexibility index (Phi) is 25.6. The van der Waals surface area contributed by atoms with Crippen LogP contribution in [0.1, 0.15) is 172 Å². The Morgan fingerprint density at radius 1 is 0.301 bits per heavy atom. The van der Waals surface area contributed by atoms with Crippen molar-refractivity contribution in [1.29, 1.82) is 0 Å². The summed E-state index contributed by atoms with van der Waals surface area (Å²) in [5, 5.41) is 4.29. The molecule has 136 heavy (non-hydrogen) atoms. The molecule has 31 heteroatoms. The van der Waals surface area contributed by atoms with Crippen molar-refractivity contribution in [2.75, 3.05) is 30.5 Å². The molecule has 24 nitrogen and oxygen atoms in total. The summed E-state index contributed by atoms with van der Waals surface area (Å²) in [6, 6.07) is 44.7. The number of aromatic nitrogens is 16. The minimum Gasteiger partial charge on any atom is -0.412 e. The second kappa shape index (κ2) is 35.6. The molecule has 14 aromatic rings. The minimum atomic E-state index is -3.82. The van der Waals surface area contributed by atoms with Crippen LogP contribution in [0.5, 0.6) is 0 Å². The van der Waals surface area contributed by atoms with Crippen molar-refractivity contribution in [3.05, 3.63) is 185 Å². The molecule has 10 heterocycles. The smallest absolute Gasteiger partial charge is 0.412 e. The third kappa shape index (κ3) is 18.6. The van der Waals surface area contributed by atoms with Crippen LogP contribution in [0.4, 0.5) is 0 Å². The van der Waals surface area contributed by atoms with Gasteiger partial charge in [0.25, 0.3) is 0 Å². The first-order valence-electron chi connectivity index (χ1n) is 45.4. The zero-order valence-electron chi connectivity index (χ0n) is 80.7. The van der Waals surface area contributed by atoms with Crippen molar-refractivity contribution < 1.29 is 70.4 Å². The molecule has 0 atom stereocenters. The minimum absolute atomic E-state index is 0. The SMILES string of the molecule is CCCS(=O)(=O)c1ccc2c(c1)-c1nc-2nc2[n-]c(nc3nc(nc4[n-]c(n1)c1cc(S(=O)(=O)CCC)ccc41)-c1ccc(C#C/C(CO[Si](C)(C)C(C)(C)C)=C(/C#Cc4ccc5c(c4)-c4nc-5nc5[n-]c(nc6nc(nc7[n-]c(n4)c4cc(C(C)(C)C)ccc74)-c4ccc(C(C)(C)C)cc4-6)c4cc(C(C)(C)C)ccc54)CO[Si](C)(C)C(C)(C)C)cc1-3)c1cc(S(=O)(=O)CCC)ccc21.[Co+2].[Zn+2]. The van der Waals surface area contributed by atoms with Gasteiger partial charge in [-0.1, -0.05) is 215 Å². The van der Waals surface area contributed by atoms with Crippen LogP contribution in [0, 0.1) is 23.7 Å². The van der Waals surface area contributed by atoms with E-state index in [1.807, 2.05) is 36.4 Å². The third-order valence-corrected chi connectivity index (χ3v) is 41.0. The summed E-state index contributed by atoms with van der Waals surface area (Å²) in [7, 11) is -16.5.